The van der Waals surface area contributed by atoms with Gasteiger partial charge in [-0.05, 0) is 30.9 Å². The van der Waals surface area contributed by atoms with Gasteiger partial charge in [0.05, 0.1) is 11.6 Å². The van der Waals surface area contributed by atoms with Gasteiger partial charge in [0, 0.05) is 30.8 Å². The zero-order valence-electron chi connectivity index (χ0n) is 14.5. The predicted octanol–water partition coefficient (Wildman–Crippen LogP) is 3.63. The normalized spacial score (nSPS) is 17.2. The lowest BCUT2D eigenvalue weighted by Gasteiger charge is -2.27. The molecule has 0 saturated carbocycles. The SMILES string of the molecule is Cc1c(C(=O)N[C@@H](C)c2cccnc2)oc2c1C(=O)CC(C)(C)C2. The Morgan fingerprint density at radius 1 is 1.38 bits per heavy atom. The van der Waals surface area contributed by atoms with Crippen LogP contribution in [0.3, 0.4) is 0 Å². The summed E-state index contributed by atoms with van der Waals surface area (Å²) >= 11 is 0. The van der Waals surface area contributed by atoms with Crippen LogP contribution >= 0.6 is 0 Å². The molecule has 1 aliphatic rings. The minimum atomic E-state index is -0.302. The van der Waals surface area contributed by atoms with Crippen LogP contribution < -0.4 is 5.32 Å². The van der Waals surface area contributed by atoms with Crippen LogP contribution in [0.15, 0.2) is 28.9 Å². The smallest absolute Gasteiger partial charge is 0.287 e. The van der Waals surface area contributed by atoms with Crippen molar-refractivity contribution < 1.29 is 14.0 Å². The second kappa shape index (κ2) is 5.89. The molecule has 5 nitrogen and oxygen atoms in total. The molecule has 2 heterocycles. The average molecular weight is 326 g/mol. The highest BCUT2D eigenvalue weighted by molar-refractivity contribution is 6.03. The zero-order chi connectivity index (χ0) is 17.5. The Labute approximate surface area is 141 Å². The average Bonchev–Trinajstić information content (AvgIpc) is 2.83. The third-order valence-corrected chi connectivity index (χ3v) is 4.51. The molecule has 0 aromatic carbocycles. The van der Waals surface area contributed by atoms with Crippen LogP contribution in [-0.4, -0.2) is 16.7 Å². The first-order valence-electron chi connectivity index (χ1n) is 8.15. The number of amides is 1. The number of carbonyl (C=O) groups is 2. The van der Waals surface area contributed by atoms with E-state index in [1.54, 1.807) is 19.3 Å². The first kappa shape index (κ1) is 16.4. The number of aromatic nitrogens is 1. The predicted molar refractivity (Wildman–Crippen MR) is 90.0 cm³/mol. The lowest BCUT2D eigenvalue weighted by molar-refractivity contribution is 0.0883. The molecule has 126 valence electrons. The van der Waals surface area contributed by atoms with Gasteiger partial charge in [0.1, 0.15) is 5.76 Å². The molecule has 0 radical (unpaired) electrons. The number of nitrogens with one attached hydrogen (secondary N) is 1. The topological polar surface area (TPSA) is 72.2 Å². The highest BCUT2D eigenvalue weighted by Gasteiger charge is 2.37. The van der Waals surface area contributed by atoms with Gasteiger partial charge < -0.3 is 9.73 Å². The number of furan rings is 1. The van der Waals surface area contributed by atoms with Crippen molar-refractivity contribution in [1.29, 1.82) is 0 Å². The third kappa shape index (κ3) is 2.98. The molecule has 0 aliphatic heterocycles. The minimum absolute atomic E-state index is 0.0573. The number of carbonyl (C=O) groups excluding carboxylic acids is 2. The summed E-state index contributed by atoms with van der Waals surface area (Å²) in [7, 11) is 0. The number of nitrogens with zero attached hydrogens (tertiary/aromatic N) is 1. The molecule has 3 rings (SSSR count). The van der Waals surface area contributed by atoms with Gasteiger partial charge in [0.25, 0.3) is 5.91 Å². The molecule has 2 aromatic heterocycles. The van der Waals surface area contributed by atoms with E-state index in [0.717, 1.165) is 5.56 Å². The first-order chi connectivity index (χ1) is 11.3. The summed E-state index contributed by atoms with van der Waals surface area (Å²) in [5.41, 5.74) is 2.01. The fraction of sp³-hybridized carbons (Fsp3) is 0.421. The first-order valence-corrected chi connectivity index (χ1v) is 8.15. The van der Waals surface area contributed by atoms with Crippen LogP contribution in [0.2, 0.25) is 0 Å². The second-order valence-electron chi connectivity index (χ2n) is 7.28. The van der Waals surface area contributed by atoms with Crippen LogP contribution in [0.5, 0.6) is 0 Å². The van der Waals surface area contributed by atoms with Gasteiger partial charge in [-0.2, -0.15) is 0 Å². The number of fused-ring (bicyclic) bond motifs is 1. The largest absolute Gasteiger partial charge is 0.455 e. The summed E-state index contributed by atoms with van der Waals surface area (Å²) < 4.78 is 5.79. The van der Waals surface area contributed by atoms with E-state index in [4.69, 9.17) is 4.42 Å². The molecule has 0 bridgehead atoms. The van der Waals surface area contributed by atoms with Crippen LogP contribution in [0.4, 0.5) is 0 Å². The number of ketones is 1. The van der Waals surface area contributed by atoms with Gasteiger partial charge in [0.2, 0.25) is 0 Å². The Bertz CT molecular complexity index is 790. The summed E-state index contributed by atoms with van der Waals surface area (Å²) in [6.45, 7) is 7.75. The van der Waals surface area contributed by atoms with Crippen molar-refractivity contribution in [2.45, 2.75) is 46.6 Å². The van der Waals surface area contributed by atoms with E-state index in [2.05, 4.69) is 10.3 Å². The number of pyridine rings is 1. The molecule has 1 N–H and O–H groups in total. The Balaban J connectivity index is 1.86. The van der Waals surface area contributed by atoms with Gasteiger partial charge in [-0.25, -0.2) is 0 Å². The monoisotopic (exact) mass is 326 g/mol. The molecule has 2 aromatic rings. The second-order valence-corrected chi connectivity index (χ2v) is 7.28. The maximum atomic E-state index is 12.6. The highest BCUT2D eigenvalue weighted by atomic mass is 16.4. The highest BCUT2D eigenvalue weighted by Crippen LogP contribution is 2.38. The molecule has 0 spiro atoms. The summed E-state index contributed by atoms with van der Waals surface area (Å²) in [5.74, 6) is 0.625. The molecule has 0 saturated heterocycles. The summed E-state index contributed by atoms with van der Waals surface area (Å²) in [5, 5.41) is 2.91. The van der Waals surface area contributed by atoms with Crippen molar-refractivity contribution in [3.8, 4) is 0 Å². The van der Waals surface area contributed by atoms with E-state index >= 15 is 0 Å². The van der Waals surface area contributed by atoms with Crippen molar-refractivity contribution in [3.05, 3.63) is 52.7 Å². The van der Waals surface area contributed by atoms with E-state index in [0.29, 0.717) is 29.7 Å². The summed E-state index contributed by atoms with van der Waals surface area (Å²) in [4.78, 5) is 29.1. The van der Waals surface area contributed by atoms with Gasteiger partial charge in [0.15, 0.2) is 11.5 Å². The molecule has 0 unspecified atom stereocenters. The molecular formula is C19H22N2O3. The van der Waals surface area contributed by atoms with Gasteiger partial charge >= 0.3 is 0 Å². The van der Waals surface area contributed by atoms with Crippen molar-refractivity contribution >= 4 is 11.7 Å². The van der Waals surface area contributed by atoms with Crippen LogP contribution in [0.1, 0.15) is 71.0 Å². The number of hydrogen-bond donors (Lipinski definition) is 1. The Kier molecular flexibility index (Phi) is 4.03. The minimum Gasteiger partial charge on any atom is -0.455 e. The molecule has 1 aliphatic carbocycles. The standard InChI is InChI=1S/C19H22N2O3/c1-11-16-14(22)8-19(3,4)9-15(16)24-17(11)18(23)21-12(2)13-6-5-7-20-10-13/h5-7,10,12H,8-9H2,1-4H3,(H,21,23)/t12-/m0/s1. The molecular weight excluding hydrogens is 304 g/mol. The summed E-state index contributed by atoms with van der Waals surface area (Å²) in [6, 6.07) is 3.54. The molecule has 5 heteroatoms. The van der Waals surface area contributed by atoms with E-state index in [-0.39, 0.29) is 28.9 Å². The zero-order valence-corrected chi connectivity index (χ0v) is 14.5. The van der Waals surface area contributed by atoms with Gasteiger partial charge in [-0.15, -0.1) is 0 Å². The summed E-state index contributed by atoms with van der Waals surface area (Å²) in [6.07, 6.45) is 4.56. The van der Waals surface area contributed by atoms with E-state index in [1.165, 1.54) is 0 Å². The van der Waals surface area contributed by atoms with E-state index in [9.17, 15) is 9.59 Å². The van der Waals surface area contributed by atoms with Crippen molar-refractivity contribution in [2.75, 3.05) is 0 Å². The fourth-order valence-corrected chi connectivity index (χ4v) is 3.28. The quantitative estimate of drug-likeness (QED) is 0.935. The maximum Gasteiger partial charge on any atom is 0.287 e. The van der Waals surface area contributed by atoms with Crippen LogP contribution in [-0.2, 0) is 6.42 Å². The molecule has 0 fully saturated rings. The number of rotatable bonds is 3. The van der Waals surface area contributed by atoms with Crippen molar-refractivity contribution in [3.63, 3.8) is 0 Å². The lowest BCUT2D eigenvalue weighted by atomic mass is 9.76. The Hall–Kier alpha value is -2.43. The molecule has 24 heavy (non-hydrogen) atoms. The fourth-order valence-electron chi connectivity index (χ4n) is 3.28. The number of hydrogen-bond acceptors (Lipinski definition) is 4. The van der Waals surface area contributed by atoms with Crippen molar-refractivity contribution in [2.24, 2.45) is 5.41 Å². The van der Waals surface area contributed by atoms with E-state index in [1.807, 2.05) is 32.9 Å². The molecule has 1 atom stereocenters. The third-order valence-electron chi connectivity index (χ3n) is 4.51. The maximum absolute atomic E-state index is 12.6. The lowest BCUT2D eigenvalue weighted by Crippen LogP contribution is -2.27. The van der Waals surface area contributed by atoms with Crippen LogP contribution in [0, 0.1) is 12.3 Å². The Morgan fingerprint density at radius 2 is 2.12 bits per heavy atom. The van der Waals surface area contributed by atoms with Gasteiger partial charge in [-0.3, -0.25) is 14.6 Å². The molecule has 1 amide bonds. The van der Waals surface area contributed by atoms with E-state index < -0.39 is 0 Å². The Morgan fingerprint density at radius 3 is 2.79 bits per heavy atom. The number of Topliss-reactive ketones (excluding diaryl/α,β-unsaturated/α-hetero) is 1. The van der Waals surface area contributed by atoms with Gasteiger partial charge in [-0.1, -0.05) is 19.9 Å². The van der Waals surface area contributed by atoms with Crippen molar-refractivity contribution in [1.82, 2.24) is 10.3 Å². The van der Waals surface area contributed by atoms with Crippen LogP contribution in [0.25, 0.3) is 0 Å².